The first-order valence-electron chi connectivity index (χ1n) is 10.2. The summed E-state index contributed by atoms with van der Waals surface area (Å²) >= 11 is 0. The van der Waals surface area contributed by atoms with Gasteiger partial charge in [-0.2, -0.15) is 4.89 Å². The van der Waals surface area contributed by atoms with Gasteiger partial charge in [0.2, 0.25) is 13.6 Å². The lowest BCUT2D eigenvalue weighted by molar-refractivity contribution is -0.325. The third-order valence-corrected chi connectivity index (χ3v) is 5.24. The van der Waals surface area contributed by atoms with Crippen molar-refractivity contribution < 1.29 is 28.8 Å². The molecule has 2 heterocycles. The van der Waals surface area contributed by atoms with Crippen LogP contribution in [0.3, 0.4) is 0 Å². The van der Waals surface area contributed by atoms with E-state index in [4.69, 9.17) is 24.0 Å². The topological polar surface area (TPSA) is 63.2 Å². The summed E-state index contributed by atoms with van der Waals surface area (Å²) in [6.07, 6.45) is 0. The van der Waals surface area contributed by atoms with E-state index in [1.807, 2.05) is 31.2 Å². The number of carbonyl (C=O) groups is 1. The average molecular weight is 422 g/mol. The Balaban J connectivity index is 0.000000149. The van der Waals surface area contributed by atoms with Gasteiger partial charge in [0.05, 0.1) is 0 Å². The molecule has 0 radical (unpaired) electrons. The molecule has 0 spiro atoms. The molecule has 0 bridgehead atoms. The second-order valence-corrected chi connectivity index (χ2v) is 8.56. The minimum atomic E-state index is -0.296. The van der Waals surface area contributed by atoms with Crippen LogP contribution in [0.2, 0.25) is 0 Å². The number of esters is 1. The standard InChI is InChI=1S/C13H16O3.C12H10O3/c1-8-5-9(13(2,3)4)6-10-11(8)15-7-16-12(10)14;1-2-4-10-6-12-11(5-9(10)3-1)7-14-15-8-13-12/h5-6H,7H2,1-4H3;1-6H,7-8H2. The second-order valence-electron chi connectivity index (χ2n) is 8.56. The summed E-state index contributed by atoms with van der Waals surface area (Å²) in [5, 5.41) is 2.35. The molecule has 0 aromatic heterocycles. The van der Waals surface area contributed by atoms with Crippen molar-refractivity contribution in [3.63, 3.8) is 0 Å². The molecule has 0 amide bonds. The number of aryl methyl sites for hydroxylation is 1. The number of carbonyl (C=O) groups excluding carboxylic acids is 1. The number of benzene rings is 3. The summed E-state index contributed by atoms with van der Waals surface area (Å²) < 4.78 is 15.6. The van der Waals surface area contributed by atoms with Crippen molar-refractivity contribution in [2.24, 2.45) is 0 Å². The fourth-order valence-electron chi connectivity index (χ4n) is 3.51. The maximum absolute atomic E-state index is 11.6. The first-order valence-corrected chi connectivity index (χ1v) is 10.2. The summed E-state index contributed by atoms with van der Waals surface area (Å²) in [6, 6.07) is 16.2. The fourth-order valence-corrected chi connectivity index (χ4v) is 3.51. The zero-order valence-electron chi connectivity index (χ0n) is 18.2. The molecular weight excluding hydrogens is 396 g/mol. The predicted molar refractivity (Wildman–Crippen MR) is 116 cm³/mol. The predicted octanol–water partition coefficient (Wildman–Crippen LogP) is 5.44. The van der Waals surface area contributed by atoms with Gasteiger partial charge in [0.15, 0.2) is 0 Å². The van der Waals surface area contributed by atoms with Gasteiger partial charge in [-0.1, -0.05) is 51.1 Å². The van der Waals surface area contributed by atoms with Gasteiger partial charge >= 0.3 is 5.97 Å². The van der Waals surface area contributed by atoms with E-state index in [0.717, 1.165) is 27.8 Å². The minimum Gasteiger partial charge on any atom is -0.464 e. The van der Waals surface area contributed by atoms with Gasteiger partial charge in [-0.05, 0) is 52.4 Å². The van der Waals surface area contributed by atoms with Crippen LogP contribution in [0.15, 0.2) is 48.5 Å². The largest absolute Gasteiger partial charge is 0.464 e. The molecule has 3 aromatic carbocycles. The lowest BCUT2D eigenvalue weighted by Crippen LogP contribution is -2.21. The molecule has 0 atom stereocenters. The third-order valence-electron chi connectivity index (χ3n) is 5.24. The summed E-state index contributed by atoms with van der Waals surface area (Å²) in [5.41, 5.74) is 3.67. The number of rotatable bonds is 0. The minimum absolute atomic E-state index is 0.0114. The Hall–Kier alpha value is -3.09. The molecule has 0 saturated heterocycles. The number of hydrogen-bond donors (Lipinski definition) is 0. The molecule has 0 unspecified atom stereocenters. The summed E-state index contributed by atoms with van der Waals surface area (Å²) in [6.45, 7) is 8.88. The molecule has 0 saturated carbocycles. The van der Waals surface area contributed by atoms with Crippen LogP contribution >= 0.6 is 0 Å². The van der Waals surface area contributed by atoms with Gasteiger partial charge in [-0.25, -0.2) is 9.68 Å². The summed E-state index contributed by atoms with van der Waals surface area (Å²) in [4.78, 5) is 21.3. The molecule has 2 aliphatic rings. The van der Waals surface area contributed by atoms with Gasteiger partial charge in [0.25, 0.3) is 0 Å². The third kappa shape index (κ3) is 4.65. The monoisotopic (exact) mass is 422 g/mol. The molecule has 31 heavy (non-hydrogen) atoms. The first kappa shape index (κ1) is 21.2. The molecule has 162 valence electrons. The van der Waals surface area contributed by atoms with E-state index in [9.17, 15) is 4.79 Å². The summed E-state index contributed by atoms with van der Waals surface area (Å²) in [5.74, 6) is 1.20. The smallest absolute Gasteiger partial charge is 0.344 e. The van der Waals surface area contributed by atoms with Crippen LogP contribution in [0.25, 0.3) is 10.8 Å². The normalized spacial score (nSPS) is 15.3. The lowest BCUT2D eigenvalue weighted by Gasteiger charge is -2.24. The van der Waals surface area contributed by atoms with Crippen LogP contribution in [0.5, 0.6) is 11.5 Å². The van der Waals surface area contributed by atoms with Crippen molar-refractivity contribution in [2.45, 2.75) is 39.7 Å². The first-order chi connectivity index (χ1) is 14.8. The Bertz CT molecular complexity index is 1070. The Morgan fingerprint density at radius 1 is 0.839 bits per heavy atom. The van der Waals surface area contributed by atoms with E-state index in [0.29, 0.717) is 17.9 Å². The van der Waals surface area contributed by atoms with Crippen LogP contribution in [-0.4, -0.2) is 19.6 Å². The molecular formula is C25H26O6. The maximum atomic E-state index is 11.6. The van der Waals surface area contributed by atoms with Crippen molar-refractivity contribution in [2.75, 3.05) is 13.6 Å². The van der Waals surface area contributed by atoms with E-state index in [1.165, 1.54) is 5.39 Å². The Morgan fingerprint density at radius 3 is 2.32 bits per heavy atom. The van der Waals surface area contributed by atoms with Crippen molar-refractivity contribution in [3.8, 4) is 11.5 Å². The molecule has 0 N–H and O–H groups in total. The number of fused-ring (bicyclic) bond motifs is 3. The fraction of sp³-hybridized carbons (Fsp3) is 0.320. The average Bonchev–Trinajstić information content (AvgIpc) is 2.97. The number of cyclic esters (lactones) is 1. The highest BCUT2D eigenvalue weighted by Crippen LogP contribution is 2.33. The number of ether oxygens (including phenoxy) is 3. The van der Waals surface area contributed by atoms with E-state index in [2.05, 4.69) is 45.0 Å². The Kier molecular flexibility index (Phi) is 5.85. The second kappa shape index (κ2) is 8.57. The lowest BCUT2D eigenvalue weighted by atomic mass is 9.85. The molecule has 3 aromatic rings. The zero-order chi connectivity index (χ0) is 22.0. The summed E-state index contributed by atoms with van der Waals surface area (Å²) in [7, 11) is 0. The van der Waals surface area contributed by atoms with E-state index in [1.54, 1.807) is 0 Å². The zero-order valence-corrected chi connectivity index (χ0v) is 18.2. The van der Waals surface area contributed by atoms with Gasteiger partial charge in [0, 0.05) is 5.56 Å². The van der Waals surface area contributed by atoms with Crippen molar-refractivity contribution in [1.29, 1.82) is 0 Å². The van der Waals surface area contributed by atoms with Crippen molar-refractivity contribution >= 4 is 16.7 Å². The highest BCUT2D eigenvalue weighted by Gasteiger charge is 2.25. The van der Waals surface area contributed by atoms with Crippen molar-refractivity contribution in [1.82, 2.24) is 0 Å². The van der Waals surface area contributed by atoms with Gasteiger partial charge in [-0.3, -0.25) is 0 Å². The van der Waals surface area contributed by atoms with Crippen LogP contribution in [0.1, 0.15) is 47.8 Å². The van der Waals surface area contributed by atoms with Crippen LogP contribution in [-0.2, 0) is 26.5 Å². The van der Waals surface area contributed by atoms with Crippen LogP contribution < -0.4 is 9.47 Å². The van der Waals surface area contributed by atoms with E-state index < -0.39 is 0 Å². The quantitative estimate of drug-likeness (QED) is 0.355. The van der Waals surface area contributed by atoms with E-state index in [-0.39, 0.29) is 25.0 Å². The maximum Gasteiger partial charge on any atom is 0.344 e. The van der Waals surface area contributed by atoms with Gasteiger partial charge in [0.1, 0.15) is 23.7 Å². The van der Waals surface area contributed by atoms with Crippen molar-refractivity contribution in [3.05, 3.63) is 70.8 Å². The highest BCUT2D eigenvalue weighted by atomic mass is 17.2. The Morgan fingerprint density at radius 2 is 1.58 bits per heavy atom. The SMILES string of the molecule is Cc1cc(C(C)(C)C)cc2c1OCOC2=O.c1ccc2cc3c(cc2c1)COOCO3. The van der Waals surface area contributed by atoms with Crippen LogP contribution in [0, 0.1) is 6.92 Å². The molecule has 5 rings (SSSR count). The molecule has 0 fully saturated rings. The highest BCUT2D eigenvalue weighted by molar-refractivity contribution is 5.94. The Labute approximate surface area is 181 Å². The molecule has 6 nitrogen and oxygen atoms in total. The van der Waals surface area contributed by atoms with Crippen LogP contribution in [0.4, 0.5) is 0 Å². The van der Waals surface area contributed by atoms with Gasteiger partial charge in [-0.15, -0.1) is 0 Å². The molecule has 0 aliphatic carbocycles. The van der Waals surface area contributed by atoms with E-state index >= 15 is 0 Å². The number of hydrogen-bond acceptors (Lipinski definition) is 6. The molecule has 6 heteroatoms. The molecule has 2 aliphatic heterocycles. The van der Waals surface area contributed by atoms with Gasteiger partial charge < -0.3 is 14.2 Å².